The number of carboxylic acids is 1. The maximum atomic E-state index is 10.9. The summed E-state index contributed by atoms with van der Waals surface area (Å²) in [6.45, 7) is 0. The van der Waals surface area contributed by atoms with Crippen molar-refractivity contribution in [3.05, 3.63) is 59.4 Å². The lowest BCUT2D eigenvalue weighted by atomic mass is 10.2. The second-order valence-electron chi connectivity index (χ2n) is 4.12. The Balaban J connectivity index is 2.11. The Morgan fingerprint density at radius 3 is 2.63 bits per heavy atom. The van der Waals surface area contributed by atoms with Crippen molar-refractivity contribution in [2.24, 2.45) is 0 Å². The van der Waals surface area contributed by atoms with Gasteiger partial charge in [0, 0.05) is 23.0 Å². The molecule has 0 spiro atoms. The van der Waals surface area contributed by atoms with E-state index >= 15 is 0 Å². The molecular weight excluding hydrogens is 264 g/mol. The molecule has 0 radical (unpaired) electrons. The lowest BCUT2D eigenvalue weighted by Gasteiger charge is -1.94. The average molecular weight is 273 g/mol. The van der Waals surface area contributed by atoms with Crippen LogP contribution in [-0.4, -0.2) is 20.5 Å². The van der Waals surface area contributed by atoms with Gasteiger partial charge in [-0.1, -0.05) is 23.7 Å². The molecule has 2 heterocycles. The molecule has 0 aliphatic heterocycles. The minimum Gasteiger partial charge on any atom is -0.478 e. The predicted octanol–water partition coefficient (Wildman–Crippen LogP) is 3.35. The van der Waals surface area contributed by atoms with Crippen molar-refractivity contribution in [1.29, 1.82) is 0 Å². The zero-order chi connectivity index (χ0) is 13.4. The smallest absolute Gasteiger partial charge is 0.335 e. The standard InChI is InChI=1S/C14H9ClN2O2/c15-11-3-1-9(2-4-11)12-8-17-6-5-10(14(18)19)7-13(17)16-12/h1-8H,(H,18,19). The molecule has 3 aromatic rings. The monoisotopic (exact) mass is 272 g/mol. The van der Waals surface area contributed by atoms with E-state index in [2.05, 4.69) is 4.98 Å². The topological polar surface area (TPSA) is 54.6 Å². The molecule has 0 saturated heterocycles. The number of rotatable bonds is 2. The minimum atomic E-state index is -0.960. The number of hydrogen-bond acceptors (Lipinski definition) is 2. The van der Waals surface area contributed by atoms with Crippen LogP contribution in [-0.2, 0) is 0 Å². The molecule has 0 saturated carbocycles. The summed E-state index contributed by atoms with van der Waals surface area (Å²) in [6.07, 6.45) is 3.54. The fourth-order valence-corrected chi connectivity index (χ4v) is 2.00. The van der Waals surface area contributed by atoms with Crippen LogP contribution in [0.1, 0.15) is 10.4 Å². The summed E-state index contributed by atoms with van der Waals surface area (Å²) in [5.41, 5.74) is 2.54. The number of aromatic nitrogens is 2. The van der Waals surface area contributed by atoms with Crippen LogP contribution in [0.5, 0.6) is 0 Å². The fourth-order valence-electron chi connectivity index (χ4n) is 1.87. The van der Waals surface area contributed by atoms with E-state index in [1.807, 2.05) is 18.3 Å². The number of imidazole rings is 1. The number of aromatic carboxylic acids is 1. The van der Waals surface area contributed by atoms with E-state index in [4.69, 9.17) is 16.7 Å². The van der Waals surface area contributed by atoms with Gasteiger partial charge < -0.3 is 9.51 Å². The van der Waals surface area contributed by atoms with Crippen LogP contribution in [0.25, 0.3) is 16.9 Å². The predicted molar refractivity (Wildman–Crippen MR) is 72.6 cm³/mol. The highest BCUT2D eigenvalue weighted by Crippen LogP contribution is 2.21. The van der Waals surface area contributed by atoms with Crippen molar-refractivity contribution in [3.8, 4) is 11.3 Å². The number of benzene rings is 1. The Hall–Kier alpha value is -2.33. The summed E-state index contributed by atoms with van der Waals surface area (Å²) in [5, 5.41) is 9.61. The number of hydrogen-bond donors (Lipinski definition) is 1. The second kappa shape index (κ2) is 4.40. The van der Waals surface area contributed by atoms with Crippen LogP contribution in [0.4, 0.5) is 0 Å². The van der Waals surface area contributed by atoms with Crippen molar-refractivity contribution in [2.75, 3.05) is 0 Å². The van der Waals surface area contributed by atoms with Crippen LogP contribution in [0.3, 0.4) is 0 Å². The van der Waals surface area contributed by atoms with Crippen molar-refractivity contribution >= 4 is 23.2 Å². The van der Waals surface area contributed by atoms with Gasteiger partial charge in [0.05, 0.1) is 11.3 Å². The fraction of sp³-hybridized carbons (Fsp3) is 0. The molecule has 0 unspecified atom stereocenters. The van der Waals surface area contributed by atoms with Gasteiger partial charge in [-0.05, 0) is 24.3 Å². The molecule has 5 heteroatoms. The Morgan fingerprint density at radius 1 is 1.21 bits per heavy atom. The molecule has 0 aliphatic rings. The second-order valence-corrected chi connectivity index (χ2v) is 4.56. The number of fused-ring (bicyclic) bond motifs is 1. The summed E-state index contributed by atoms with van der Waals surface area (Å²) in [4.78, 5) is 15.3. The molecule has 0 atom stereocenters. The first-order valence-corrected chi connectivity index (χ1v) is 5.99. The maximum absolute atomic E-state index is 10.9. The third-order valence-corrected chi connectivity index (χ3v) is 3.10. The summed E-state index contributed by atoms with van der Waals surface area (Å²) >= 11 is 5.84. The van der Waals surface area contributed by atoms with Crippen LogP contribution >= 0.6 is 11.6 Å². The molecule has 0 fully saturated rings. The van der Waals surface area contributed by atoms with E-state index in [9.17, 15) is 4.79 Å². The third kappa shape index (κ3) is 2.18. The molecule has 4 nitrogen and oxygen atoms in total. The van der Waals surface area contributed by atoms with E-state index in [-0.39, 0.29) is 5.56 Å². The van der Waals surface area contributed by atoms with Gasteiger partial charge in [0.25, 0.3) is 0 Å². The van der Waals surface area contributed by atoms with Crippen molar-refractivity contribution in [3.63, 3.8) is 0 Å². The molecule has 19 heavy (non-hydrogen) atoms. The number of carbonyl (C=O) groups is 1. The molecule has 1 N–H and O–H groups in total. The summed E-state index contributed by atoms with van der Waals surface area (Å²) in [7, 11) is 0. The van der Waals surface area contributed by atoms with Gasteiger partial charge in [0.15, 0.2) is 0 Å². The Bertz CT molecular complexity index is 763. The Morgan fingerprint density at radius 2 is 1.95 bits per heavy atom. The van der Waals surface area contributed by atoms with E-state index < -0.39 is 5.97 Å². The van der Waals surface area contributed by atoms with Gasteiger partial charge in [-0.15, -0.1) is 0 Å². The first-order chi connectivity index (χ1) is 9.13. The Kier molecular flexibility index (Phi) is 2.72. The largest absolute Gasteiger partial charge is 0.478 e. The highest BCUT2D eigenvalue weighted by molar-refractivity contribution is 6.30. The highest BCUT2D eigenvalue weighted by atomic mass is 35.5. The van der Waals surface area contributed by atoms with Gasteiger partial charge in [0.1, 0.15) is 5.65 Å². The van der Waals surface area contributed by atoms with Crippen molar-refractivity contribution < 1.29 is 9.90 Å². The van der Waals surface area contributed by atoms with Crippen molar-refractivity contribution in [1.82, 2.24) is 9.38 Å². The SMILES string of the molecule is O=C(O)c1ccn2cc(-c3ccc(Cl)cc3)nc2c1. The van der Waals surface area contributed by atoms with Crippen LogP contribution in [0.2, 0.25) is 5.02 Å². The molecule has 0 bridgehead atoms. The molecule has 94 valence electrons. The summed E-state index contributed by atoms with van der Waals surface area (Å²) in [5.74, 6) is -0.960. The first kappa shape index (κ1) is 11.7. The number of nitrogens with zero attached hydrogens (tertiary/aromatic N) is 2. The van der Waals surface area contributed by atoms with E-state index in [0.717, 1.165) is 11.3 Å². The molecule has 3 rings (SSSR count). The van der Waals surface area contributed by atoms with Gasteiger partial charge >= 0.3 is 5.97 Å². The van der Waals surface area contributed by atoms with E-state index in [0.29, 0.717) is 10.7 Å². The quantitative estimate of drug-likeness (QED) is 0.778. The highest BCUT2D eigenvalue weighted by Gasteiger charge is 2.07. The molecular formula is C14H9ClN2O2. The summed E-state index contributed by atoms with van der Waals surface area (Å²) < 4.78 is 1.79. The number of pyridine rings is 1. The van der Waals surface area contributed by atoms with Gasteiger partial charge in [-0.25, -0.2) is 9.78 Å². The third-order valence-electron chi connectivity index (χ3n) is 2.85. The number of halogens is 1. The lowest BCUT2D eigenvalue weighted by molar-refractivity contribution is 0.0697. The average Bonchev–Trinajstić information content (AvgIpc) is 2.82. The van der Waals surface area contributed by atoms with Gasteiger partial charge in [-0.2, -0.15) is 0 Å². The first-order valence-electron chi connectivity index (χ1n) is 5.61. The normalized spacial score (nSPS) is 10.8. The van der Waals surface area contributed by atoms with Gasteiger partial charge in [-0.3, -0.25) is 0 Å². The zero-order valence-electron chi connectivity index (χ0n) is 9.75. The molecule has 1 aromatic carbocycles. The van der Waals surface area contributed by atoms with Crippen LogP contribution < -0.4 is 0 Å². The lowest BCUT2D eigenvalue weighted by Crippen LogP contribution is -1.96. The summed E-state index contributed by atoms with van der Waals surface area (Å²) in [6, 6.07) is 10.4. The zero-order valence-corrected chi connectivity index (χ0v) is 10.5. The van der Waals surface area contributed by atoms with Gasteiger partial charge in [0.2, 0.25) is 0 Å². The Labute approximate surface area is 113 Å². The van der Waals surface area contributed by atoms with Crippen LogP contribution in [0, 0.1) is 0 Å². The van der Waals surface area contributed by atoms with E-state index in [1.165, 1.54) is 0 Å². The van der Waals surface area contributed by atoms with E-state index in [1.54, 1.807) is 34.9 Å². The maximum Gasteiger partial charge on any atom is 0.335 e. The molecule has 0 aliphatic carbocycles. The number of carboxylic acid groups (broad SMARTS) is 1. The molecule has 0 amide bonds. The minimum absolute atomic E-state index is 0.223. The van der Waals surface area contributed by atoms with Crippen molar-refractivity contribution in [2.45, 2.75) is 0 Å². The van der Waals surface area contributed by atoms with Crippen LogP contribution in [0.15, 0.2) is 48.8 Å². The molecule has 2 aromatic heterocycles.